The standard InChI is InChI=1S/C15H21N3O2/c1-15(2,3)13-17-18-14(20-13)16-9-10-19-11-12-7-5-4-6-8-12/h4-8H,9-11H2,1-3H3,(H,16,18). The van der Waals surface area contributed by atoms with Gasteiger partial charge in [0.05, 0.1) is 13.2 Å². The van der Waals surface area contributed by atoms with Crippen LogP contribution in [0.5, 0.6) is 0 Å². The number of anilines is 1. The molecule has 1 heterocycles. The molecule has 0 fully saturated rings. The maximum absolute atomic E-state index is 5.56. The molecule has 0 radical (unpaired) electrons. The number of aromatic nitrogens is 2. The van der Waals surface area contributed by atoms with Crippen molar-refractivity contribution in [2.24, 2.45) is 0 Å². The van der Waals surface area contributed by atoms with Gasteiger partial charge in [-0.2, -0.15) is 0 Å². The van der Waals surface area contributed by atoms with Gasteiger partial charge < -0.3 is 14.5 Å². The van der Waals surface area contributed by atoms with Crippen LogP contribution in [0.4, 0.5) is 6.01 Å². The molecule has 0 atom stereocenters. The summed E-state index contributed by atoms with van der Waals surface area (Å²) >= 11 is 0. The van der Waals surface area contributed by atoms with Crippen molar-refractivity contribution in [2.75, 3.05) is 18.5 Å². The van der Waals surface area contributed by atoms with Gasteiger partial charge in [0.2, 0.25) is 5.89 Å². The molecule has 1 N–H and O–H groups in total. The fraction of sp³-hybridized carbons (Fsp3) is 0.467. The highest BCUT2D eigenvalue weighted by atomic mass is 16.5. The normalized spacial score (nSPS) is 11.6. The lowest BCUT2D eigenvalue weighted by molar-refractivity contribution is 0.130. The molecule has 1 aromatic heterocycles. The van der Waals surface area contributed by atoms with Gasteiger partial charge in [-0.15, -0.1) is 5.10 Å². The van der Waals surface area contributed by atoms with Crippen molar-refractivity contribution in [1.29, 1.82) is 0 Å². The Morgan fingerprint density at radius 3 is 2.55 bits per heavy atom. The van der Waals surface area contributed by atoms with Crippen LogP contribution in [0, 0.1) is 0 Å². The Morgan fingerprint density at radius 1 is 1.15 bits per heavy atom. The molecule has 0 bridgehead atoms. The minimum absolute atomic E-state index is 0.128. The van der Waals surface area contributed by atoms with Crippen molar-refractivity contribution in [1.82, 2.24) is 10.2 Å². The third kappa shape index (κ3) is 4.35. The van der Waals surface area contributed by atoms with E-state index in [9.17, 15) is 0 Å². The predicted octanol–water partition coefficient (Wildman–Crippen LogP) is 3.00. The van der Waals surface area contributed by atoms with E-state index in [0.29, 0.717) is 31.7 Å². The van der Waals surface area contributed by atoms with Gasteiger partial charge in [0.1, 0.15) is 0 Å². The van der Waals surface area contributed by atoms with Crippen molar-refractivity contribution in [3.05, 3.63) is 41.8 Å². The van der Waals surface area contributed by atoms with Gasteiger partial charge in [0.25, 0.3) is 0 Å². The van der Waals surface area contributed by atoms with Crippen LogP contribution in [0.1, 0.15) is 32.2 Å². The van der Waals surface area contributed by atoms with Crippen molar-refractivity contribution >= 4 is 6.01 Å². The van der Waals surface area contributed by atoms with E-state index in [4.69, 9.17) is 9.15 Å². The SMILES string of the molecule is CC(C)(C)c1nnc(NCCOCc2ccccc2)o1. The number of rotatable bonds is 6. The Balaban J connectivity index is 1.67. The first-order valence-corrected chi connectivity index (χ1v) is 6.75. The maximum atomic E-state index is 5.56. The van der Waals surface area contributed by atoms with E-state index in [1.54, 1.807) is 0 Å². The smallest absolute Gasteiger partial charge is 0.315 e. The zero-order valence-electron chi connectivity index (χ0n) is 12.2. The van der Waals surface area contributed by atoms with Crippen molar-refractivity contribution in [3.63, 3.8) is 0 Å². The van der Waals surface area contributed by atoms with Crippen molar-refractivity contribution < 1.29 is 9.15 Å². The lowest BCUT2D eigenvalue weighted by atomic mass is 9.97. The average Bonchev–Trinajstić information content (AvgIpc) is 2.88. The maximum Gasteiger partial charge on any atom is 0.315 e. The summed E-state index contributed by atoms with van der Waals surface area (Å²) in [6, 6.07) is 10.5. The molecular weight excluding hydrogens is 254 g/mol. The van der Waals surface area contributed by atoms with E-state index >= 15 is 0 Å². The summed E-state index contributed by atoms with van der Waals surface area (Å²) in [6.45, 7) is 7.94. The Labute approximate surface area is 119 Å². The number of hydrogen-bond acceptors (Lipinski definition) is 5. The van der Waals surface area contributed by atoms with E-state index in [2.05, 4.69) is 15.5 Å². The summed E-state index contributed by atoms with van der Waals surface area (Å²) in [4.78, 5) is 0. The Kier molecular flexibility index (Phi) is 4.74. The van der Waals surface area contributed by atoms with Crippen LogP contribution in [-0.4, -0.2) is 23.3 Å². The van der Waals surface area contributed by atoms with Gasteiger partial charge in [-0.1, -0.05) is 56.2 Å². The molecule has 1 aromatic carbocycles. The highest BCUT2D eigenvalue weighted by molar-refractivity contribution is 5.18. The number of benzene rings is 1. The minimum atomic E-state index is -0.128. The molecule has 0 saturated heterocycles. The molecule has 108 valence electrons. The van der Waals surface area contributed by atoms with E-state index in [-0.39, 0.29) is 5.41 Å². The minimum Gasteiger partial charge on any atom is -0.408 e. The zero-order valence-corrected chi connectivity index (χ0v) is 12.2. The summed E-state index contributed by atoms with van der Waals surface area (Å²) in [5.41, 5.74) is 1.04. The van der Waals surface area contributed by atoms with E-state index in [1.807, 2.05) is 51.1 Å². The first-order valence-electron chi connectivity index (χ1n) is 6.75. The summed E-state index contributed by atoms with van der Waals surface area (Å²) in [7, 11) is 0. The topological polar surface area (TPSA) is 60.2 Å². The second-order valence-electron chi connectivity index (χ2n) is 5.63. The summed E-state index contributed by atoms with van der Waals surface area (Å²) < 4.78 is 11.1. The molecule has 0 amide bonds. The fourth-order valence-corrected chi connectivity index (χ4v) is 1.59. The molecule has 20 heavy (non-hydrogen) atoms. The number of hydrogen-bond donors (Lipinski definition) is 1. The van der Waals surface area contributed by atoms with Gasteiger partial charge in [0.15, 0.2) is 0 Å². The molecule has 2 aromatic rings. The van der Waals surface area contributed by atoms with Crippen LogP contribution in [-0.2, 0) is 16.8 Å². The summed E-state index contributed by atoms with van der Waals surface area (Å²) in [5, 5.41) is 11.0. The molecule has 0 saturated carbocycles. The van der Waals surface area contributed by atoms with Crippen LogP contribution in [0.25, 0.3) is 0 Å². The van der Waals surface area contributed by atoms with Gasteiger partial charge in [-0.3, -0.25) is 0 Å². The number of ether oxygens (including phenoxy) is 1. The van der Waals surface area contributed by atoms with Gasteiger partial charge >= 0.3 is 6.01 Å². The highest BCUT2D eigenvalue weighted by Crippen LogP contribution is 2.21. The summed E-state index contributed by atoms with van der Waals surface area (Å²) in [5.74, 6) is 0.630. The van der Waals surface area contributed by atoms with Gasteiger partial charge in [-0.25, -0.2) is 0 Å². The Bertz CT molecular complexity index is 517. The molecule has 0 aliphatic carbocycles. The first-order chi connectivity index (χ1) is 9.55. The first kappa shape index (κ1) is 14.5. The molecule has 5 nitrogen and oxygen atoms in total. The van der Waals surface area contributed by atoms with E-state index in [1.165, 1.54) is 5.56 Å². The second-order valence-corrected chi connectivity index (χ2v) is 5.63. The van der Waals surface area contributed by atoms with Crippen LogP contribution < -0.4 is 5.32 Å². The molecular formula is C15H21N3O2. The molecule has 0 aliphatic heterocycles. The molecule has 5 heteroatoms. The number of nitrogens with zero attached hydrogens (tertiary/aromatic N) is 2. The van der Waals surface area contributed by atoms with Gasteiger partial charge in [0, 0.05) is 12.0 Å². The Morgan fingerprint density at radius 2 is 1.90 bits per heavy atom. The van der Waals surface area contributed by atoms with E-state index in [0.717, 1.165) is 0 Å². The van der Waals surface area contributed by atoms with Gasteiger partial charge in [-0.05, 0) is 5.56 Å². The third-order valence-corrected chi connectivity index (χ3v) is 2.70. The quantitative estimate of drug-likeness (QED) is 0.821. The number of nitrogens with one attached hydrogen (secondary N) is 1. The molecule has 0 aliphatic rings. The zero-order chi connectivity index (χ0) is 14.4. The third-order valence-electron chi connectivity index (χ3n) is 2.70. The predicted molar refractivity (Wildman–Crippen MR) is 77.6 cm³/mol. The molecule has 0 unspecified atom stereocenters. The van der Waals surface area contributed by atoms with Crippen molar-refractivity contribution in [2.45, 2.75) is 32.8 Å². The van der Waals surface area contributed by atoms with E-state index < -0.39 is 0 Å². The van der Waals surface area contributed by atoms with Crippen molar-refractivity contribution in [3.8, 4) is 0 Å². The lowest BCUT2D eigenvalue weighted by Crippen LogP contribution is -2.11. The van der Waals surface area contributed by atoms with Crippen LogP contribution in [0.3, 0.4) is 0 Å². The lowest BCUT2D eigenvalue weighted by Gasteiger charge is -2.11. The highest BCUT2D eigenvalue weighted by Gasteiger charge is 2.21. The monoisotopic (exact) mass is 275 g/mol. The second kappa shape index (κ2) is 6.52. The van der Waals surface area contributed by atoms with Crippen LogP contribution in [0.2, 0.25) is 0 Å². The fourth-order valence-electron chi connectivity index (χ4n) is 1.59. The molecule has 2 rings (SSSR count). The average molecular weight is 275 g/mol. The summed E-state index contributed by atoms with van der Waals surface area (Å²) in [6.07, 6.45) is 0. The molecule has 0 spiro atoms. The van der Waals surface area contributed by atoms with Crippen LogP contribution >= 0.6 is 0 Å². The largest absolute Gasteiger partial charge is 0.408 e. The van der Waals surface area contributed by atoms with Crippen LogP contribution in [0.15, 0.2) is 34.7 Å². The Hall–Kier alpha value is -1.88.